The highest BCUT2D eigenvalue weighted by Gasteiger charge is 2.11. The van der Waals surface area contributed by atoms with Gasteiger partial charge in [0.15, 0.2) is 11.5 Å². The van der Waals surface area contributed by atoms with E-state index in [0.29, 0.717) is 35.0 Å². The Balaban J connectivity index is 1.49. The second-order valence-corrected chi connectivity index (χ2v) is 6.57. The first kappa shape index (κ1) is 17.2. The van der Waals surface area contributed by atoms with Crippen LogP contribution in [0.1, 0.15) is 27.4 Å². The van der Waals surface area contributed by atoms with Crippen LogP contribution in [-0.2, 0) is 13.0 Å². The fourth-order valence-corrected chi connectivity index (χ4v) is 3.01. The number of carbonyl (C=O) groups excluding carboxylic acids is 1. The predicted molar refractivity (Wildman–Crippen MR) is 104 cm³/mol. The summed E-state index contributed by atoms with van der Waals surface area (Å²) >= 11 is 6.02. The largest absolute Gasteiger partial charge is 0.440 e. The van der Waals surface area contributed by atoms with E-state index in [2.05, 4.69) is 15.3 Å². The summed E-state index contributed by atoms with van der Waals surface area (Å²) in [5.74, 6) is 0.420. The molecule has 0 radical (unpaired) electrons. The molecule has 0 fully saturated rings. The van der Waals surface area contributed by atoms with Gasteiger partial charge in [0.2, 0.25) is 0 Å². The van der Waals surface area contributed by atoms with Crippen molar-refractivity contribution in [2.24, 2.45) is 0 Å². The third-order valence-corrected chi connectivity index (χ3v) is 4.38. The van der Waals surface area contributed by atoms with Gasteiger partial charge in [0.05, 0.1) is 0 Å². The van der Waals surface area contributed by atoms with Crippen molar-refractivity contribution in [3.63, 3.8) is 0 Å². The summed E-state index contributed by atoms with van der Waals surface area (Å²) in [6.45, 7) is 0.440. The molecule has 0 unspecified atom stereocenters. The molecule has 0 bridgehead atoms. The van der Waals surface area contributed by atoms with E-state index in [1.165, 1.54) is 0 Å². The predicted octanol–water partition coefficient (Wildman–Crippen LogP) is 4.40. The lowest BCUT2D eigenvalue weighted by molar-refractivity contribution is 0.0951. The van der Waals surface area contributed by atoms with Crippen molar-refractivity contribution in [2.75, 3.05) is 0 Å². The van der Waals surface area contributed by atoms with Gasteiger partial charge in [-0.25, -0.2) is 4.98 Å². The number of pyridine rings is 1. The number of amides is 1. The van der Waals surface area contributed by atoms with Gasteiger partial charge in [-0.1, -0.05) is 23.7 Å². The summed E-state index contributed by atoms with van der Waals surface area (Å²) in [5.41, 5.74) is 3.84. The lowest BCUT2D eigenvalue weighted by Gasteiger charge is -2.04. The molecule has 4 aromatic rings. The van der Waals surface area contributed by atoms with Gasteiger partial charge in [-0.05, 0) is 53.6 Å². The molecule has 5 nitrogen and oxygen atoms in total. The number of nitrogens with one attached hydrogen (secondary N) is 1. The van der Waals surface area contributed by atoms with Crippen LogP contribution in [0.3, 0.4) is 0 Å². The van der Waals surface area contributed by atoms with E-state index in [4.69, 9.17) is 16.0 Å². The highest BCUT2D eigenvalue weighted by Crippen LogP contribution is 2.20. The highest BCUT2D eigenvalue weighted by molar-refractivity contribution is 6.30. The molecule has 0 saturated carbocycles. The van der Waals surface area contributed by atoms with E-state index in [0.717, 1.165) is 16.6 Å². The Morgan fingerprint density at radius 2 is 1.89 bits per heavy atom. The van der Waals surface area contributed by atoms with Gasteiger partial charge < -0.3 is 9.73 Å². The molecule has 0 atom stereocenters. The Kier molecular flexibility index (Phi) is 4.85. The van der Waals surface area contributed by atoms with Crippen LogP contribution in [-0.4, -0.2) is 15.9 Å². The lowest BCUT2D eigenvalue weighted by atomic mass is 10.1. The number of hydrogen-bond acceptors (Lipinski definition) is 4. The Hall–Kier alpha value is -3.18. The normalized spacial score (nSPS) is 10.9. The third-order valence-electron chi connectivity index (χ3n) is 4.14. The second kappa shape index (κ2) is 7.60. The van der Waals surface area contributed by atoms with Crippen LogP contribution in [0.15, 0.2) is 71.4 Å². The molecule has 2 aromatic carbocycles. The van der Waals surface area contributed by atoms with Gasteiger partial charge in [0, 0.05) is 35.9 Å². The monoisotopic (exact) mass is 377 g/mol. The zero-order chi connectivity index (χ0) is 18.6. The zero-order valence-electron chi connectivity index (χ0n) is 14.4. The molecule has 1 N–H and O–H groups in total. The number of hydrogen-bond donors (Lipinski definition) is 1. The van der Waals surface area contributed by atoms with Crippen LogP contribution in [0, 0.1) is 0 Å². The minimum absolute atomic E-state index is 0.165. The van der Waals surface area contributed by atoms with Crippen LogP contribution < -0.4 is 5.32 Å². The van der Waals surface area contributed by atoms with Gasteiger partial charge in [-0.3, -0.25) is 9.78 Å². The van der Waals surface area contributed by atoms with Gasteiger partial charge >= 0.3 is 0 Å². The second-order valence-electron chi connectivity index (χ2n) is 6.13. The summed E-state index contributed by atoms with van der Waals surface area (Å²) in [6.07, 6.45) is 3.94. The minimum atomic E-state index is -0.165. The summed E-state index contributed by atoms with van der Waals surface area (Å²) in [4.78, 5) is 20.8. The molecule has 0 spiro atoms. The molecule has 2 aromatic heterocycles. The van der Waals surface area contributed by atoms with E-state index in [-0.39, 0.29) is 5.91 Å². The maximum Gasteiger partial charge on any atom is 0.251 e. The standard InChI is InChI=1S/C21H16ClN3O2/c22-17-3-1-2-15(10-17)11-20-25-18-5-4-16(12-19(18)27-20)21(26)24-13-14-6-8-23-9-7-14/h1-10,12H,11,13H2,(H,24,26). The first-order chi connectivity index (χ1) is 13.2. The first-order valence-electron chi connectivity index (χ1n) is 8.48. The highest BCUT2D eigenvalue weighted by atomic mass is 35.5. The summed E-state index contributed by atoms with van der Waals surface area (Å²) in [5, 5.41) is 3.57. The molecule has 1 amide bonds. The van der Waals surface area contributed by atoms with E-state index in [1.807, 2.05) is 36.4 Å². The summed E-state index contributed by atoms with van der Waals surface area (Å²) in [7, 11) is 0. The Labute approximate surface area is 161 Å². The van der Waals surface area contributed by atoms with E-state index < -0.39 is 0 Å². The molecule has 0 aliphatic carbocycles. The lowest BCUT2D eigenvalue weighted by Crippen LogP contribution is -2.22. The van der Waals surface area contributed by atoms with Crippen LogP contribution in [0.5, 0.6) is 0 Å². The summed E-state index contributed by atoms with van der Waals surface area (Å²) < 4.78 is 5.82. The van der Waals surface area contributed by atoms with Crippen LogP contribution >= 0.6 is 11.6 Å². The number of nitrogens with zero attached hydrogens (tertiary/aromatic N) is 2. The number of oxazole rings is 1. The first-order valence-corrected chi connectivity index (χ1v) is 8.86. The topological polar surface area (TPSA) is 68.0 Å². The summed E-state index contributed by atoms with van der Waals surface area (Å²) in [6, 6.07) is 16.6. The molecular formula is C21H16ClN3O2. The Morgan fingerprint density at radius 1 is 1.04 bits per heavy atom. The number of aromatic nitrogens is 2. The Morgan fingerprint density at radius 3 is 2.70 bits per heavy atom. The van der Waals surface area contributed by atoms with Gasteiger partial charge in [-0.2, -0.15) is 0 Å². The van der Waals surface area contributed by atoms with Crippen LogP contribution in [0.25, 0.3) is 11.1 Å². The van der Waals surface area contributed by atoms with E-state index in [9.17, 15) is 4.79 Å². The molecule has 134 valence electrons. The molecule has 27 heavy (non-hydrogen) atoms. The van der Waals surface area contributed by atoms with Crippen molar-refractivity contribution in [1.29, 1.82) is 0 Å². The number of carbonyl (C=O) groups is 1. The van der Waals surface area contributed by atoms with Crippen LogP contribution in [0.2, 0.25) is 5.02 Å². The van der Waals surface area contributed by atoms with Crippen LogP contribution in [0.4, 0.5) is 0 Å². The van der Waals surface area contributed by atoms with E-state index in [1.54, 1.807) is 30.6 Å². The Bertz CT molecular complexity index is 1090. The zero-order valence-corrected chi connectivity index (χ0v) is 15.1. The minimum Gasteiger partial charge on any atom is -0.440 e. The average Bonchev–Trinajstić information content (AvgIpc) is 3.08. The molecule has 0 aliphatic heterocycles. The maximum atomic E-state index is 12.4. The smallest absolute Gasteiger partial charge is 0.251 e. The van der Waals surface area contributed by atoms with Crippen molar-refractivity contribution in [2.45, 2.75) is 13.0 Å². The van der Waals surface area contributed by atoms with Crippen molar-refractivity contribution >= 4 is 28.6 Å². The van der Waals surface area contributed by atoms with Gasteiger partial charge in [-0.15, -0.1) is 0 Å². The molecule has 2 heterocycles. The van der Waals surface area contributed by atoms with Crippen molar-refractivity contribution in [3.05, 3.63) is 94.6 Å². The third kappa shape index (κ3) is 4.15. The molecule has 4 rings (SSSR count). The van der Waals surface area contributed by atoms with Gasteiger partial charge in [0.25, 0.3) is 5.91 Å². The van der Waals surface area contributed by atoms with E-state index >= 15 is 0 Å². The average molecular weight is 378 g/mol. The number of benzene rings is 2. The molecular weight excluding hydrogens is 362 g/mol. The molecule has 0 saturated heterocycles. The molecule has 0 aliphatic rings. The number of fused-ring (bicyclic) bond motifs is 1. The number of halogens is 1. The van der Waals surface area contributed by atoms with Crippen molar-refractivity contribution < 1.29 is 9.21 Å². The maximum absolute atomic E-state index is 12.4. The number of rotatable bonds is 5. The van der Waals surface area contributed by atoms with Crippen molar-refractivity contribution in [1.82, 2.24) is 15.3 Å². The quantitative estimate of drug-likeness (QED) is 0.559. The van der Waals surface area contributed by atoms with Gasteiger partial charge in [0.1, 0.15) is 5.52 Å². The molecule has 6 heteroatoms. The van der Waals surface area contributed by atoms with Crippen molar-refractivity contribution in [3.8, 4) is 0 Å². The SMILES string of the molecule is O=C(NCc1ccncc1)c1ccc2nc(Cc3cccc(Cl)c3)oc2c1. The fourth-order valence-electron chi connectivity index (χ4n) is 2.80. The fraction of sp³-hybridized carbons (Fsp3) is 0.0952.